The van der Waals surface area contributed by atoms with Crippen LogP contribution in [-0.4, -0.2) is 13.0 Å². The molecule has 0 radical (unpaired) electrons. The maximum absolute atomic E-state index is 10.8. The van der Waals surface area contributed by atoms with Gasteiger partial charge in [-0.2, -0.15) is 0 Å². The van der Waals surface area contributed by atoms with E-state index in [1.807, 2.05) is 0 Å². The summed E-state index contributed by atoms with van der Waals surface area (Å²) in [4.78, 5) is 9.16. The van der Waals surface area contributed by atoms with Crippen LogP contribution in [0.25, 0.3) is 0 Å². The lowest BCUT2D eigenvalue weighted by molar-refractivity contribution is -0.108. The van der Waals surface area contributed by atoms with Crippen molar-refractivity contribution in [3.8, 4) is 0 Å². The predicted molar refractivity (Wildman–Crippen MR) is 16.7 cm³/mol. The minimum absolute atomic E-state index is 0.0417. The van der Waals surface area contributed by atoms with Crippen LogP contribution in [0, 0.1) is 0 Å². The number of hydrogen-bond acceptors (Lipinski definition) is 1. The summed E-state index contributed by atoms with van der Waals surface area (Å²) in [6, 6.07) is 0. The maximum atomic E-state index is 10.8. The third kappa shape index (κ3) is 3.60. The fraction of sp³-hybridized carbons (Fsp3) is 0.667. The molecule has 0 N–H and O–H groups in total. The average molecular weight is 75.1 g/mol. The first-order valence-corrected chi connectivity index (χ1v) is 1.41. The van der Waals surface area contributed by atoms with Gasteiger partial charge in [0.25, 0.3) is 0 Å². The molecule has 0 spiro atoms. The van der Waals surface area contributed by atoms with E-state index < -0.39 is 6.67 Å². The summed E-state index contributed by atoms with van der Waals surface area (Å²) in [6.07, 6.45) is 0.597. The Bertz CT molecular complexity index is 28.1. The Balaban J connectivity index is 2.40. The van der Waals surface area contributed by atoms with E-state index in [-0.39, 0.29) is 6.42 Å². The van der Waals surface area contributed by atoms with E-state index in [0.29, 0.717) is 6.29 Å². The molecule has 0 saturated heterocycles. The highest BCUT2D eigenvalue weighted by molar-refractivity contribution is 5.49. The molecule has 5 heavy (non-hydrogen) atoms. The number of carbonyl (C=O) groups is 1. The standard InChI is InChI=1S/C3H5FO/c4-2-1-3-5/h3H,1-2H2/i4-1. The fourth-order valence-electron chi connectivity index (χ4n) is 0.0445. The molecule has 0 atom stereocenters. The third-order valence-corrected chi connectivity index (χ3v) is 0.227. The first kappa shape index (κ1) is 4.60. The molecule has 0 rings (SSSR count). The van der Waals surface area contributed by atoms with Gasteiger partial charge in [-0.1, -0.05) is 0 Å². The van der Waals surface area contributed by atoms with Gasteiger partial charge in [0.15, 0.2) is 0 Å². The van der Waals surface area contributed by atoms with Gasteiger partial charge in [0.1, 0.15) is 6.29 Å². The van der Waals surface area contributed by atoms with Crippen molar-refractivity contribution in [2.45, 2.75) is 6.42 Å². The Morgan fingerprint density at radius 1 is 1.80 bits per heavy atom. The van der Waals surface area contributed by atoms with Crippen LogP contribution in [0.5, 0.6) is 0 Å². The highest BCUT2D eigenvalue weighted by Gasteiger charge is 1.70. The van der Waals surface area contributed by atoms with Gasteiger partial charge in [-0.3, -0.25) is 4.39 Å². The van der Waals surface area contributed by atoms with E-state index in [4.69, 9.17) is 4.79 Å². The molecule has 0 bridgehead atoms. The van der Waals surface area contributed by atoms with Gasteiger partial charge in [0.05, 0.1) is 6.67 Å². The zero-order valence-corrected chi connectivity index (χ0v) is 2.78. The van der Waals surface area contributed by atoms with Crippen LogP contribution in [0.4, 0.5) is 4.39 Å². The van der Waals surface area contributed by atoms with Gasteiger partial charge in [-0.25, -0.2) is 0 Å². The number of carbonyl (C=O) groups excluding carboxylic acids is 1. The zero-order chi connectivity index (χ0) is 4.12. The van der Waals surface area contributed by atoms with Crippen LogP contribution < -0.4 is 0 Å². The van der Waals surface area contributed by atoms with Crippen molar-refractivity contribution in [3.05, 3.63) is 0 Å². The predicted octanol–water partition coefficient (Wildman–Crippen LogP) is 0.545. The normalized spacial score (nSPS) is 7.40. The van der Waals surface area contributed by atoms with Gasteiger partial charge in [0.2, 0.25) is 0 Å². The summed E-state index contributed by atoms with van der Waals surface area (Å²) < 4.78 is 10.8. The molecule has 0 aromatic carbocycles. The fourth-order valence-corrected chi connectivity index (χ4v) is 0.0445. The highest BCUT2D eigenvalue weighted by Crippen LogP contribution is 1.67. The van der Waals surface area contributed by atoms with Gasteiger partial charge in [-0.05, 0) is 0 Å². The molecule has 0 unspecified atom stereocenters. The molecule has 2 heteroatoms. The molecule has 1 nitrogen and oxygen atoms in total. The van der Waals surface area contributed by atoms with Crippen molar-refractivity contribution in [3.63, 3.8) is 0 Å². The Kier molecular flexibility index (Phi) is 3.31. The van der Waals surface area contributed by atoms with Crippen LogP contribution in [0.3, 0.4) is 0 Å². The van der Waals surface area contributed by atoms with Crippen LogP contribution in [0.15, 0.2) is 0 Å². The topological polar surface area (TPSA) is 17.1 Å². The lowest BCUT2D eigenvalue weighted by Gasteiger charge is -1.65. The quantitative estimate of drug-likeness (QED) is 0.438. The SMILES string of the molecule is O=CCC[18F]. The summed E-state index contributed by atoms with van der Waals surface area (Å²) in [6.45, 7) is -0.524. The van der Waals surface area contributed by atoms with E-state index in [0.717, 1.165) is 0 Å². The molecule has 0 aliphatic heterocycles. The highest BCUT2D eigenvalue weighted by atomic mass is 18.2. The Labute approximate surface area is 29.8 Å². The summed E-state index contributed by atoms with van der Waals surface area (Å²) in [7, 11) is 0. The smallest absolute Gasteiger partial charge is 0.122 e. The summed E-state index contributed by atoms with van der Waals surface area (Å²) in [5.74, 6) is 0. The van der Waals surface area contributed by atoms with Crippen molar-refractivity contribution in [1.82, 2.24) is 0 Å². The van der Waals surface area contributed by atoms with E-state index >= 15 is 0 Å². The van der Waals surface area contributed by atoms with Crippen LogP contribution in [-0.2, 0) is 4.79 Å². The van der Waals surface area contributed by atoms with E-state index in [9.17, 15) is 4.39 Å². The lowest BCUT2D eigenvalue weighted by atomic mass is 10.5. The number of hydrogen-bond donors (Lipinski definition) is 0. The molecular formula is C3H5FO. The minimum atomic E-state index is -0.524. The maximum Gasteiger partial charge on any atom is 0.122 e. The number of rotatable bonds is 2. The molecule has 0 fully saturated rings. The third-order valence-electron chi connectivity index (χ3n) is 0.227. The van der Waals surface area contributed by atoms with Crippen molar-refractivity contribution in [2.24, 2.45) is 0 Å². The van der Waals surface area contributed by atoms with Gasteiger partial charge >= 0.3 is 0 Å². The van der Waals surface area contributed by atoms with E-state index in [2.05, 4.69) is 0 Å². The minimum Gasteiger partial charge on any atom is -0.303 e. The summed E-state index contributed by atoms with van der Waals surface area (Å²) >= 11 is 0. The van der Waals surface area contributed by atoms with Crippen molar-refractivity contribution in [1.29, 1.82) is 0 Å². The molecular weight excluding hydrogens is 70.0 g/mol. The first-order chi connectivity index (χ1) is 2.41. The second-order valence-electron chi connectivity index (χ2n) is 0.644. The molecule has 0 saturated carbocycles. The van der Waals surface area contributed by atoms with Crippen LogP contribution in [0.2, 0.25) is 0 Å². The van der Waals surface area contributed by atoms with Gasteiger partial charge < -0.3 is 4.79 Å². The zero-order valence-electron chi connectivity index (χ0n) is 2.78. The average Bonchev–Trinajstić information content (AvgIpc) is 1.41. The first-order valence-electron chi connectivity index (χ1n) is 1.41. The molecule has 30 valence electrons. The van der Waals surface area contributed by atoms with Crippen molar-refractivity contribution in [2.75, 3.05) is 6.67 Å². The van der Waals surface area contributed by atoms with Crippen molar-refractivity contribution >= 4 is 6.29 Å². The Morgan fingerprint density at radius 2 is 2.40 bits per heavy atom. The molecule has 0 heterocycles. The molecule has 0 aliphatic carbocycles. The Morgan fingerprint density at radius 3 is 2.40 bits per heavy atom. The molecule has 0 aromatic heterocycles. The van der Waals surface area contributed by atoms with Crippen molar-refractivity contribution < 1.29 is 9.18 Å². The van der Waals surface area contributed by atoms with E-state index in [1.165, 1.54) is 0 Å². The monoisotopic (exact) mass is 75.0 g/mol. The number of aldehydes is 1. The second kappa shape index (κ2) is 3.60. The van der Waals surface area contributed by atoms with Gasteiger partial charge in [0, 0.05) is 6.42 Å². The Hall–Kier alpha value is -0.400. The largest absolute Gasteiger partial charge is 0.303 e. The number of halogens is 1. The van der Waals surface area contributed by atoms with Crippen LogP contribution >= 0.6 is 0 Å². The molecule has 0 aromatic rings. The number of alkyl halides is 1. The summed E-state index contributed by atoms with van der Waals surface area (Å²) in [5, 5.41) is 0. The van der Waals surface area contributed by atoms with Gasteiger partial charge in [-0.15, -0.1) is 0 Å². The second-order valence-corrected chi connectivity index (χ2v) is 0.644. The summed E-state index contributed by atoms with van der Waals surface area (Å²) in [5.41, 5.74) is 0. The van der Waals surface area contributed by atoms with E-state index in [1.54, 1.807) is 0 Å². The lowest BCUT2D eigenvalue weighted by Crippen LogP contribution is -1.71. The molecule has 0 amide bonds. The molecule has 0 aliphatic rings. The van der Waals surface area contributed by atoms with Crippen LogP contribution in [0.1, 0.15) is 6.42 Å².